The van der Waals surface area contributed by atoms with E-state index in [1.165, 1.54) is 5.01 Å². The van der Waals surface area contributed by atoms with Crippen molar-refractivity contribution in [1.29, 1.82) is 0 Å². The van der Waals surface area contributed by atoms with E-state index in [4.69, 9.17) is 5.84 Å². The molecule has 2 amide bonds. The lowest BCUT2D eigenvalue weighted by molar-refractivity contribution is -0.131. The van der Waals surface area contributed by atoms with Gasteiger partial charge >= 0.3 is 0 Å². The van der Waals surface area contributed by atoms with E-state index >= 15 is 0 Å². The first-order valence-electron chi connectivity index (χ1n) is 13.6. The largest absolute Gasteiger partial charge is 0.305 e. The summed E-state index contributed by atoms with van der Waals surface area (Å²) < 4.78 is 0. The molecular weight excluding hydrogens is 446 g/mol. The first kappa shape index (κ1) is 23.5. The highest BCUT2D eigenvalue weighted by Crippen LogP contribution is 2.65. The first-order chi connectivity index (χ1) is 17.3. The molecule has 3 fully saturated rings. The predicted octanol–water partition coefficient (Wildman–Crippen LogP) is 5.72. The normalized spacial score (nSPS) is 37.1. The molecule has 1 aliphatic heterocycles. The molecule has 3 aliphatic carbocycles. The monoisotopic (exact) mass is 483 g/mol. The Morgan fingerprint density at radius 2 is 1.61 bits per heavy atom. The maximum Gasteiger partial charge on any atom is 0.250 e. The number of hydrazine groups is 1. The molecule has 2 aromatic carbocycles. The van der Waals surface area contributed by atoms with Gasteiger partial charge in [-0.15, -0.1) is 0 Å². The van der Waals surface area contributed by atoms with Crippen molar-refractivity contribution in [3.8, 4) is 0 Å². The Morgan fingerprint density at radius 1 is 0.917 bits per heavy atom. The summed E-state index contributed by atoms with van der Waals surface area (Å²) in [4.78, 5) is 28.8. The van der Waals surface area contributed by atoms with Gasteiger partial charge in [-0.25, -0.2) is 10.9 Å². The summed E-state index contributed by atoms with van der Waals surface area (Å²) in [5.74, 6) is 8.08. The Balaban J connectivity index is 1.27. The van der Waals surface area contributed by atoms with Crippen LogP contribution >= 0.6 is 0 Å². The minimum absolute atomic E-state index is 0.0266. The Hall–Kier alpha value is -2.92. The molecule has 0 aromatic heterocycles. The average molecular weight is 484 g/mol. The zero-order valence-electron chi connectivity index (χ0n) is 21.3. The van der Waals surface area contributed by atoms with Crippen molar-refractivity contribution in [1.82, 2.24) is 0 Å². The smallest absolute Gasteiger partial charge is 0.250 e. The van der Waals surface area contributed by atoms with Gasteiger partial charge < -0.3 is 4.90 Å². The van der Waals surface area contributed by atoms with E-state index in [2.05, 4.69) is 37.0 Å². The van der Waals surface area contributed by atoms with Crippen LogP contribution in [-0.4, -0.2) is 17.9 Å². The maximum atomic E-state index is 13.6. The second-order valence-electron chi connectivity index (χ2n) is 11.9. The van der Waals surface area contributed by atoms with Crippen LogP contribution in [0.2, 0.25) is 0 Å². The van der Waals surface area contributed by atoms with E-state index in [9.17, 15) is 9.59 Å². The molecule has 3 saturated carbocycles. The lowest BCUT2D eigenvalue weighted by atomic mass is 9.47. The summed E-state index contributed by atoms with van der Waals surface area (Å²) in [6.07, 6.45) is 10.3. The predicted molar refractivity (Wildman–Crippen MR) is 143 cm³/mol. The average Bonchev–Trinajstić information content (AvgIpc) is 3.26. The number of carbonyl (C=O) groups is 2. The van der Waals surface area contributed by atoms with Crippen molar-refractivity contribution in [3.63, 3.8) is 0 Å². The zero-order chi connectivity index (χ0) is 25.1. The Bertz CT molecular complexity index is 1180. The zero-order valence-corrected chi connectivity index (χ0v) is 21.3. The van der Waals surface area contributed by atoms with Crippen molar-refractivity contribution in [3.05, 3.63) is 72.8 Å². The quantitative estimate of drug-likeness (QED) is 0.345. The lowest BCUT2D eigenvalue weighted by Gasteiger charge is -2.60. The summed E-state index contributed by atoms with van der Waals surface area (Å²) in [6, 6.07) is 19.9. The second kappa shape index (κ2) is 8.58. The fraction of sp³-hybridized carbons (Fsp3) is 0.484. The molecule has 36 heavy (non-hydrogen) atoms. The van der Waals surface area contributed by atoms with Gasteiger partial charge in [0.05, 0.1) is 5.69 Å². The van der Waals surface area contributed by atoms with E-state index < -0.39 is 0 Å². The van der Waals surface area contributed by atoms with Crippen LogP contribution < -0.4 is 15.8 Å². The fourth-order valence-electron chi connectivity index (χ4n) is 8.68. The summed E-state index contributed by atoms with van der Waals surface area (Å²) in [5, 5.41) is 1.38. The molecule has 0 unspecified atom stereocenters. The van der Waals surface area contributed by atoms with E-state index in [0.29, 0.717) is 17.8 Å². The van der Waals surface area contributed by atoms with Gasteiger partial charge in [0.1, 0.15) is 0 Å². The number of nitrogens with zero attached hydrogens (tertiary/aromatic N) is 2. The number of rotatable bonds is 3. The summed E-state index contributed by atoms with van der Waals surface area (Å²) >= 11 is 0. The Labute approximate surface area is 214 Å². The van der Waals surface area contributed by atoms with Crippen molar-refractivity contribution in [2.24, 2.45) is 40.3 Å². The van der Waals surface area contributed by atoms with Gasteiger partial charge in [-0.1, -0.05) is 56.3 Å². The van der Waals surface area contributed by atoms with E-state index in [1.54, 1.807) is 0 Å². The molecule has 6 rings (SSSR count). The van der Waals surface area contributed by atoms with Crippen LogP contribution in [0.4, 0.5) is 11.4 Å². The molecule has 4 aliphatic rings. The van der Waals surface area contributed by atoms with Crippen LogP contribution in [0, 0.1) is 34.5 Å². The molecule has 7 atom stereocenters. The first-order valence-corrected chi connectivity index (χ1v) is 13.6. The molecule has 0 radical (unpaired) electrons. The lowest BCUT2D eigenvalue weighted by Crippen LogP contribution is -2.61. The number of anilines is 2. The SMILES string of the molecule is C[C@]12C=CC(=O)N(c3ccccc3)[C@@H]1CC[C@@H]1[C@@H]2CC[C@]2(C)[C@@H](C(=O)N(N)c3ccccc3)CC[C@@H]12. The number of benzene rings is 2. The molecule has 0 bridgehead atoms. The Morgan fingerprint density at radius 3 is 2.33 bits per heavy atom. The molecule has 5 nitrogen and oxygen atoms in total. The molecule has 188 valence electrons. The Kier molecular flexibility index (Phi) is 5.60. The van der Waals surface area contributed by atoms with Gasteiger partial charge in [0.2, 0.25) is 5.91 Å². The second-order valence-corrected chi connectivity index (χ2v) is 11.9. The fourth-order valence-corrected chi connectivity index (χ4v) is 8.68. The van der Waals surface area contributed by atoms with Crippen LogP contribution in [0.25, 0.3) is 0 Å². The summed E-state index contributed by atoms with van der Waals surface area (Å²) in [7, 11) is 0. The van der Waals surface area contributed by atoms with Gasteiger partial charge in [-0.3, -0.25) is 9.59 Å². The highest BCUT2D eigenvalue weighted by atomic mass is 16.2. The summed E-state index contributed by atoms with van der Waals surface area (Å²) in [5.41, 5.74) is 1.67. The highest BCUT2D eigenvalue weighted by Gasteiger charge is 2.62. The third-order valence-electron chi connectivity index (χ3n) is 10.5. The standard InChI is InChI=1S/C31H37N3O2/c1-30-19-17-25-23(24(30)14-15-26(30)29(36)34(32)22-11-7-4-8-12-22)13-16-27-31(25,2)20-18-28(35)33(27)21-9-5-3-6-10-21/h3-12,18,20,23-27H,13-17,19,32H2,1-2H3/t23-,24-,25-,26+,27+,30-,31+/m0/s1. The molecule has 2 aromatic rings. The van der Waals surface area contributed by atoms with Gasteiger partial charge in [0.25, 0.3) is 5.91 Å². The highest BCUT2D eigenvalue weighted by molar-refractivity contribution is 6.03. The molecule has 0 saturated heterocycles. The number of hydrogen-bond acceptors (Lipinski definition) is 3. The van der Waals surface area contributed by atoms with Crippen LogP contribution in [0.3, 0.4) is 0 Å². The van der Waals surface area contributed by atoms with Crippen molar-refractivity contribution in [2.75, 3.05) is 9.91 Å². The molecule has 5 heteroatoms. The van der Waals surface area contributed by atoms with Crippen molar-refractivity contribution in [2.45, 2.75) is 58.4 Å². The summed E-state index contributed by atoms with van der Waals surface area (Å²) in [6.45, 7) is 4.73. The van der Waals surface area contributed by atoms with E-state index in [-0.39, 0.29) is 34.6 Å². The number of hydrogen-bond donors (Lipinski definition) is 1. The van der Waals surface area contributed by atoms with Gasteiger partial charge in [-0.2, -0.15) is 0 Å². The maximum absolute atomic E-state index is 13.6. The van der Waals surface area contributed by atoms with E-state index in [1.807, 2.05) is 54.6 Å². The number of para-hydroxylation sites is 2. The third-order valence-corrected chi connectivity index (χ3v) is 10.5. The molecule has 1 heterocycles. The van der Waals surface area contributed by atoms with Crippen LogP contribution in [0.5, 0.6) is 0 Å². The van der Waals surface area contributed by atoms with Gasteiger partial charge in [-0.05, 0) is 86.0 Å². The minimum Gasteiger partial charge on any atom is -0.305 e. The van der Waals surface area contributed by atoms with Crippen LogP contribution in [0.15, 0.2) is 72.8 Å². The number of nitrogens with two attached hydrogens (primary N) is 1. The van der Waals surface area contributed by atoms with Crippen LogP contribution in [-0.2, 0) is 9.59 Å². The van der Waals surface area contributed by atoms with E-state index in [0.717, 1.165) is 49.9 Å². The van der Waals surface area contributed by atoms with Gasteiger partial charge in [0, 0.05) is 29.1 Å². The van der Waals surface area contributed by atoms with Crippen molar-refractivity contribution < 1.29 is 9.59 Å². The molecule has 0 spiro atoms. The number of carbonyl (C=O) groups excluding carboxylic acids is 2. The van der Waals surface area contributed by atoms with Crippen molar-refractivity contribution >= 4 is 23.2 Å². The number of fused-ring (bicyclic) bond motifs is 5. The topological polar surface area (TPSA) is 66.6 Å². The van der Waals surface area contributed by atoms with Gasteiger partial charge in [0.15, 0.2) is 0 Å². The molecule has 2 N–H and O–H groups in total. The minimum atomic E-state index is -0.0555. The number of amides is 2. The van der Waals surface area contributed by atoms with Crippen LogP contribution in [0.1, 0.15) is 52.4 Å². The third kappa shape index (κ3) is 3.39. The molecular formula is C31H37N3O2.